The molecule has 0 aliphatic carbocycles. The molecule has 0 spiro atoms. The highest BCUT2D eigenvalue weighted by Gasteiger charge is 2.15. The zero-order chi connectivity index (χ0) is 16.3. The lowest BCUT2D eigenvalue weighted by molar-refractivity contribution is -0.597. The lowest BCUT2D eigenvalue weighted by Gasteiger charge is -2.26. The number of nitrogens with zero attached hydrogens (tertiary/aromatic N) is 2. The van der Waals surface area contributed by atoms with Crippen molar-refractivity contribution in [1.29, 1.82) is 0 Å². The van der Waals surface area contributed by atoms with Gasteiger partial charge in [-0.3, -0.25) is 4.79 Å². The molecule has 0 saturated carbocycles. The Morgan fingerprint density at radius 3 is 2.36 bits per heavy atom. The molecule has 2 rings (SSSR count). The number of aryl methyl sites for hydroxylation is 1. The Bertz CT molecular complexity index is 681. The summed E-state index contributed by atoms with van der Waals surface area (Å²) < 4.78 is 3.54. The van der Waals surface area contributed by atoms with Crippen molar-refractivity contribution >= 4 is 0 Å². The molecule has 0 radical (unpaired) electrons. The van der Waals surface area contributed by atoms with E-state index < -0.39 is 0 Å². The van der Waals surface area contributed by atoms with Crippen LogP contribution < -0.4 is 15.4 Å². The fourth-order valence-electron chi connectivity index (χ4n) is 2.55. The minimum absolute atomic E-state index is 0.0110. The molecule has 1 aromatic heterocycles. The minimum Gasteiger partial charge on any atom is -0.306 e. The quantitative estimate of drug-likeness (QED) is 0.881. The van der Waals surface area contributed by atoms with Gasteiger partial charge in [0.2, 0.25) is 11.9 Å². The normalized spacial score (nSPS) is 13.1. The van der Waals surface area contributed by atoms with E-state index >= 15 is 0 Å². The third-order valence-corrected chi connectivity index (χ3v) is 3.62. The second-order valence-corrected chi connectivity index (χ2v) is 6.67. The van der Waals surface area contributed by atoms with Gasteiger partial charge in [0.1, 0.15) is 0 Å². The van der Waals surface area contributed by atoms with Crippen LogP contribution in [0.1, 0.15) is 46.2 Å². The largest absolute Gasteiger partial charge is 0.315 e. The van der Waals surface area contributed by atoms with Crippen LogP contribution in [0.15, 0.2) is 47.7 Å². The number of aromatic nitrogens is 2. The van der Waals surface area contributed by atoms with Crippen molar-refractivity contribution in [2.75, 3.05) is 0 Å². The summed E-state index contributed by atoms with van der Waals surface area (Å²) in [6, 6.07) is 8.60. The summed E-state index contributed by atoms with van der Waals surface area (Å²) in [6.07, 6.45) is 5.35. The second-order valence-electron chi connectivity index (χ2n) is 6.67. The third-order valence-electron chi connectivity index (χ3n) is 3.62. The topological polar surface area (TPSA) is 37.9 Å². The predicted molar refractivity (Wildman–Crippen MR) is 89.2 cm³/mol. The van der Waals surface area contributed by atoms with Crippen molar-refractivity contribution in [3.05, 3.63) is 58.8 Å². The first kappa shape index (κ1) is 16.4. The van der Waals surface area contributed by atoms with Gasteiger partial charge in [0.25, 0.3) is 0 Å². The summed E-state index contributed by atoms with van der Waals surface area (Å²) in [5, 5.41) is 3.56. The highest BCUT2D eigenvalue weighted by Crippen LogP contribution is 2.16. The Labute approximate surface area is 132 Å². The van der Waals surface area contributed by atoms with Crippen LogP contribution >= 0.6 is 0 Å². The van der Waals surface area contributed by atoms with Crippen LogP contribution in [0, 0.1) is 0 Å². The number of hydrogen-bond acceptors (Lipinski definition) is 2. The molecule has 0 bridgehead atoms. The molecule has 0 unspecified atom stereocenters. The summed E-state index contributed by atoms with van der Waals surface area (Å²) in [6.45, 7) is 11.3. The van der Waals surface area contributed by atoms with Gasteiger partial charge < -0.3 is 9.88 Å². The summed E-state index contributed by atoms with van der Waals surface area (Å²) >= 11 is 0. The molecule has 0 aliphatic rings. The fraction of sp³-hybridized carbons (Fsp3) is 0.444. The van der Waals surface area contributed by atoms with Gasteiger partial charge in [-0.1, -0.05) is 12.1 Å². The zero-order valence-corrected chi connectivity index (χ0v) is 14.1. The standard InChI is InChI=1S/C18H26N3O/c1-6-20-11-12-21(13-17(20)22)16-9-7-15(8-10-16)14(2)19-18(3,4)5/h7-14,19H,6H2,1-5H3/q+1/t14-/m1/s1. The maximum absolute atomic E-state index is 11.9. The summed E-state index contributed by atoms with van der Waals surface area (Å²) in [4.78, 5) is 11.9. The van der Waals surface area contributed by atoms with Gasteiger partial charge in [-0.2, -0.15) is 4.57 Å². The number of rotatable bonds is 4. The molecule has 118 valence electrons. The van der Waals surface area contributed by atoms with Gasteiger partial charge in [0, 0.05) is 30.3 Å². The first-order chi connectivity index (χ1) is 10.3. The summed E-state index contributed by atoms with van der Waals surface area (Å²) in [5.74, 6) is 0. The molecule has 1 N–H and O–H groups in total. The van der Waals surface area contributed by atoms with Gasteiger partial charge in [0.05, 0.1) is 6.20 Å². The maximum Gasteiger partial charge on any atom is 0.315 e. The lowest BCUT2D eigenvalue weighted by Crippen LogP contribution is -2.38. The third kappa shape index (κ3) is 4.04. The number of nitrogens with one attached hydrogen (secondary N) is 1. The van der Waals surface area contributed by atoms with Crippen molar-refractivity contribution in [2.24, 2.45) is 0 Å². The van der Waals surface area contributed by atoms with Gasteiger partial charge in [0.15, 0.2) is 6.20 Å². The van der Waals surface area contributed by atoms with Crippen LogP contribution in [0.25, 0.3) is 5.69 Å². The van der Waals surface area contributed by atoms with E-state index in [-0.39, 0.29) is 17.1 Å². The molecular weight excluding hydrogens is 274 g/mol. The average molecular weight is 300 g/mol. The van der Waals surface area contributed by atoms with Crippen LogP contribution in [0.3, 0.4) is 0 Å². The second kappa shape index (κ2) is 6.44. The molecule has 1 heterocycles. The van der Waals surface area contributed by atoms with E-state index in [1.807, 2.05) is 36.0 Å². The van der Waals surface area contributed by atoms with E-state index in [0.29, 0.717) is 6.54 Å². The average Bonchev–Trinajstić information content (AvgIpc) is 2.45. The zero-order valence-electron chi connectivity index (χ0n) is 14.1. The van der Waals surface area contributed by atoms with Gasteiger partial charge in [-0.25, -0.2) is 0 Å². The molecule has 4 nitrogen and oxygen atoms in total. The fourth-order valence-corrected chi connectivity index (χ4v) is 2.55. The monoisotopic (exact) mass is 300 g/mol. The van der Waals surface area contributed by atoms with E-state index in [0.717, 1.165) is 5.69 Å². The van der Waals surface area contributed by atoms with Crippen LogP contribution in [-0.4, -0.2) is 10.1 Å². The van der Waals surface area contributed by atoms with Crippen LogP contribution in [0.2, 0.25) is 0 Å². The lowest BCUT2D eigenvalue weighted by atomic mass is 10.0. The Morgan fingerprint density at radius 1 is 1.23 bits per heavy atom. The maximum atomic E-state index is 11.9. The van der Waals surface area contributed by atoms with Gasteiger partial charge in [-0.15, -0.1) is 0 Å². The van der Waals surface area contributed by atoms with Crippen molar-refractivity contribution in [3.63, 3.8) is 0 Å². The van der Waals surface area contributed by atoms with E-state index in [9.17, 15) is 4.79 Å². The molecule has 0 aliphatic heterocycles. The SMILES string of the molecule is CCn1cc[n+](-c2ccc([C@@H](C)NC(C)(C)C)cc2)cc1=O. The highest BCUT2D eigenvalue weighted by atomic mass is 16.1. The molecule has 1 atom stereocenters. The van der Waals surface area contributed by atoms with Crippen molar-refractivity contribution in [1.82, 2.24) is 9.88 Å². The Kier molecular flexibility index (Phi) is 4.81. The Morgan fingerprint density at radius 2 is 1.86 bits per heavy atom. The Hall–Kier alpha value is -1.94. The molecule has 4 heteroatoms. The van der Waals surface area contributed by atoms with E-state index in [1.165, 1.54) is 5.56 Å². The van der Waals surface area contributed by atoms with Crippen LogP contribution in [0.5, 0.6) is 0 Å². The molecular formula is C18H26N3O+. The summed E-state index contributed by atoms with van der Waals surface area (Å²) in [5.41, 5.74) is 2.32. The first-order valence-electron chi connectivity index (χ1n) is 7.80. The highest BCUT2D eigenvalue weighted by molar-refractivity contribution is 5.29. The van der Waals surface area contributed by atoms with Gasteiger partial charge in [-0.05, 0) is 40.2 Å². The van der Waals surface area contributed by atoms with Crippen molar-refractivity contribution in [2.45, 2.75) is 52.7 Å². The van der Waals surface area contributed by atoms with E-state index in [4.69, 9.17) is 0 Å². The molecule has 2 aromatic rings. The predicted octanol–water partition coefficient (Wildman–Crippen LogP) is 2.59. The number of hydrogen-bond donors (Lipinski definition) is 1. The molecule has 0 amide bonds. The minimum atomic E-state index is 0.0110. The molecule has 0 saturated heterocycles. The Balaban J connectivity index is 2.22. The van der Waals surface area contributed by atoms with E-state index in [1.54, 1.807) is 10.8 Å². The van der Waals surface area contributed by atoms with E-state index in [2.05, 4.69) is 45.1 Å². The molecule has 0 fully saturated rings. The molecule has 1 aromatic carbocycles. The summed E-state index contributed by atoms with van der Waals surface area (Å²) in [7, 11) is 0. The smallest absolute Gasteiger partial charge is 0.306 e. The van der Waals surface area contributed by atoms with Crippen molar-refractivity contribution in [3.8, 4) is 5.69 Å². The van der Waals surface area contributed by atoms with Crippen LogP contribution in [-0.2, 0) is 6.54 Å². The van der Waals surface area contributed by atoms with Crippen LogP contribution in [0.4, 0.5) is 0 Å². The molecule has 22 heavy (non-hydrogen) atoms. The van der Waals surface area contributed by atoms with Gasteiger partial charge >= 0.3 is 5.56 Å². The first-order valence-corrected chi connectivity index (χ1v) is 7.80. The number of benzene rings is 1. The van der Waals surface area contributed by atoms with Crippen molar-refractivity contribution < 1.29 is 4.57 Å².